The Kier molecular flexibility index (Phi) is 2.98. The molecule has 1 heterocycles. The van der Waals surface area contributed by atoms with Crippen LogP contribution in [-0.2, 0) is 9.53 Å². The second kappa shape index (κ2) is 4.10. The Balaban J connectivity index is 2.12. The molecule has 0 bridgehead atoms. The standard InChI is InChI=1S/C11H19NO3/c1-12-9(8-4-2-3-5-8)11(10(13)14)6-15-7-11/h8-9,12H,2-7H2,1H3,(H,13,14). The fraction of sp³-hybridized carbons (Fsp3) is 0.909. The third kappa shape index (κ3) is 1.66. The lowest BCUT2D eigenvalue weighted by Crippen LogP contribution is -2.63. The van der Waals surface area contributed by atoms with Crippen molar-refractivity contribution in [2.75, 3.05) is 20.3 Å². The molecule has 1 unspecified atom stereocenters. The molecular formula is C11H19NO3. The molecule has 0 spiro atoms. The van der Waals surface area contributed by atoms with E-state index < -0.39 is 11.4 Å². The summed E-state index contributed by atoms with van der Waals surface area (Å²) in [5, 5.41) is 12.5. The van der Waals surface area contributed by atoms with E-state index in [2.05, 4.69) is 5.32 Å². The van der Waals surface area contributed by atoms with Gasteiger partial charge in [-0.1, -0.05) is 12.8 Å². The van der Waals surface area contributed by atoms with Crippen molar-refractivity contribution in [3.63, 3.8) is 0 Å². The van der Waals surface area contributed by atoms with Crippen LogP contribution in [-0.4, -0.2) is 37.4 Å². The van der Waals surface area contributed by atoms with E-state index in [-0.39, 0.29) is 6.04 Å². The van der Waals surface area contributed by atoms with Crippen LogP contribution in [0.25, 0.3) is 0 Å². The van der Waals surface area contributed by atoms with Gasteiger partial charge in [0.05, 0.1) is 13.2 Å². The first kappa shape index (κ1) is 10.9. The molecular weight excluding hydrogens is 194 g/mol. The van der Waals surface area contributed by atoms with Crippen LogP contribution in [0.2, 0.25) is 0 Å². The molecule has 4 heteroatoms. The number of carbonyl (C=O) groups is 1. The van der Waals surface area contributed by atoms with Crippen molar-refractivity contribution in [1.82, 2.24) is 5.32 Å². The average Bonchev–Trinajstić information content (AvgIpc) is 2.62. The largest absolute Gasteiger partial charge is 0.481 e. The van der Waals surface area contributed by atoms with Crippen LogP contribution in [0, 0.1) is 11.3 Å². The Hall–Kier alpha value is -0.610. The second-order valence-electron chi connectivity index (χ2n) is 4.76. The summed E-state index contributed by atoms with van der Waals surface area (Å²) >= 11 is 0. The number of rotatable bonds is 4. The molecule has 1 saturated heterocycles. The summed E-state index contributed by atoms with van der Waals surface area (Å²) in [6.45, 7) is 0.731. The van der Waals surface area contributed by atoms with Gasteiger partial charge in [0.25, 0.3) is 0 Å². The molecule has 1 aliphatic heterocycles. The Morgan fingerprint density at radius 3 is 2.40 bits per heavy atom. The van der Waals surface area contributed by atoms with Gasteiger partial charge >= 0.3 is 5.97 Å². The van der Waals surface area contributed by atoms with Crippen molar-refractivity contribution >= 4 is 5.97 Å². The average molecular weight is 213 g/mol. The van der Waals surface area contributed by atoms with E-state index in [1.165, 1.54) is 12.8 Å². The molecule has 0 aromatic carbocycles. The van der Waals surface area contributed by atoms with Crippen LogP contribution in [0.1, 0.15) is 25.7 Å². The first-order valence-electron chi connectivity index (χ1n) is 5.69. The maximum atomic E-state index is 11.3. The zero-order valence-corrected chi connectivity index (χ0v) is 9.16. The van der Waals surface area contributed by atoms with Gasteiger partial charge < -0.3 is 15.2 Å². The zero-order valence-electron chi connectivity index (χ0n) is 9.16. The Bertz CT molecular complexity index is 244. The molecule has 15 heavy (non-hydrogen) atoms. The normalized spacial score (nSPS) is 27.3. The predicted molar refractivity (Wildman–Crippen MR) is 55.7 cm³/mol. The van der Waals surface area contributed by atoms with Gasteiger partial charge in [-0.3, -0.25) is 4.79 Å². The van der Waals surface area contributed by atoms with Crippen molar-refractivity contribution in [1.29, 1.82) is 0 Å². The first-order valence-corrected chi connectivity index (χ1v) is 5.69. The van der Waals surface area contributed by atoms with E-state index >= 15 is 0 Å². The van der Waals surface area contributed by atoms with E-state index in [0.29, 0.717) is 19.1 Å². The predicted octanol–water partition coefficient (Wildman–Crippen LogP) is 0.866. The number of hydrogen-bond acceptors (Lipinski definition) is 3. The maximum Gasteiger partial charge on any atom is 0.315 e. The van der Waals surface area contributed by atoms with Crippen LogP contribution in [0.4, 0.5) is 0 Å². The van der Waals surface area contributed by atoms with Gasteiger partial charge in [0, 0.05) is 6.04 Å². The lowest BCUT2D eigenvalue weighted by molar-refractivity contribution is -0.189. The third-order valence-electron chi connectivity index (χ3n) is 3.92. The fourth-order valence-corrected chi connectivity index (χ4v) is 3.01. The van der Waals surface area contributed by atoms with E-state index in [1.807, 2.05) is 7.05 Å². The van der Waals surface area contributed by atoms with E-state index in [4.69, 9.17) is 4.74 Å². The molecule has 2 aliphatic rings. The van der Waals surface area contributed by atoms with Crippen LogP contribution >= 0.6 is 0 Å². The van der Waals surface area contributed by atoms with Crippen molar-refractivity contribution in [2.45, 2.75) is 31.7 Å². The van der Waals surface area contributed by atoms with Crippen LogP contribution < -0.4 is 5.32 Å². The Morgan fingerprint density at radius 2 is 2.07 bits per heavy atom. The van der Waals surface area contributed by atoms with Crippen molar-refractivity contribution in [3.8, 4) is 0 Å². The molecule has 0 aromatic rings. The molecule has 1 aliphatic carbocycles. The molecule has 1 atom stereocenters. The highest BCUT2D eigenvalue weighted by Gasteiger charge is 2.54. The lowest BCUT2D eigenvalue weighted by atomic mass is 9.72. The number of aliphatic carboxylic acids is 1. The summed E-state index contributed by atoms with van der Waals surface area (Å²) in [7, 11) is 1.87. The summed E-state index contributed by atoms with van der Waals surface area (Å²) in [5.41, 5.74) is -0.663. The van der Waals surface area contributed by atoms with Crippen LogP contribution in [0.3, 0.4) is 0 Å². The van der Waals surface area contributed by atoms with E-state index in [9.17, 15) is 9.90 Å². The molecule has 2 fully saturated rings. The number of carboxylic acid groups (broad SMARTS) is 1. The summed E-state index contributed by atoms with van der Waals surface area (Å²) in [6, 6.07) is 0.0752. The topological polar surface area (TPSA) is 58.6 Å². The van der Waals surface area contributed by atoms with Gasteiger partial charge in [-0.05, 0) is 25.8 Å². The van der Waals surface area contributed by atoms with Gasteiger partial charge in [-0.25, -0.2) is 0 Å². The molecule has 4 nitrogen and oxygen atoms in total. The Labute approximate surface area is 90.0 Å². The minimum atomic E-state index is -0.708. The smallest absolute Gasteiger partial charge is 0.315 e. The summed E-state index contributed by atoms with van der Waals surface area (Å²) < 4.78 is 5.12. The second-order valence-corrected chi connectivity index (χ2v) is 4.76. The highest BCUT2D eigenvalue weighted by molar-refractivity contribution is 5.77. The minimum absolute atomic E-state index is 0.0752. The molecule has 2 rings (SSSR count). The van der Waals surface area contributed by atoms with Crippen LogP contribution in [0.15, 0.2) is 0 Å². The van der Waals surface area contributed by atoms with Crippen molar-refractivity contribution in [3.05, 3.63) is 0 Å². The minimum Gasteiger partial charge on any atom is -0.481 e. The summed E-state index contributed by atoms with van der Waals surface area (Å²) in [6.07, 6.45) is 4.78. The van der Waals surface area contributed by atoms with Crippen molar-refractivity contribution in [2.24, 2.45) is 11.3 Å². The number of carboxylic acids is 1. The molecule has 0 aromatic heterocycles. The molecule has 2 N–H and O–H groups in total. The Morgan fingerprint density at radius 1 is 1.47 bits per heavy atom. The quantitative estimate of drug-likeness (QED) is 0.727. The van der Waals surface area contributed by atoms with Gasteiger partial charge in [-0.2, -0.15) is 0 Å². The summed E-state index contributed by atoms with van der Waals surface area (Å²) in [5.74, 6) is -0.199. The third-order valence-corrected chi connectivity index (χ3v) is 3.92. The number of hydrogen-bond donors (Lipinski definition) is 2. The van der Waals surface area contributed by atoms with E-state index in [1.54, 1.807) is 0 Å². The fourth-order valence-electron chi connectivity index (χ4n) is 3.01. The zero-order chi connectivity index (χ0) is 10.9. The molecule has 86 valence electrons. The van der Waals surface area contributed by atoms with Gasteiger partial charge in [0.1, 0.15) is 5.41 Å². The monoisotopic (exact) mass is 213 g/mol. The molecule has 0 amide bonds. The number of ether oxygens (including phenoxy) is 1. The van der Waals surface area contributed by atoms with E-state index in [0.717, 1.165) is 12.8 Å². The molecule has 1 saturated carbocycles. The summed E-state index contributed by atoms with van der Waals surface area (Å²) in [4.78, 5) is 11.3. The number of nitrogens with one attached hydrogen (secondary N) is 1. The SMILES string of the molecule is CNC(C1CCCC1)C1(C(=O)O)COC1. The van der Waals surface area contributed by atoms with Gasteiger partial charge in [-0.15, -0.1) is 0 Å². The van der Waals surface area contributed by atoms with Crippen molar-refractivity contribution < 1.29 is 14.6 Å². The highest BCUT2D eigenvalue weighted by Crippen LogP contribution is 2.40. The highest BCUT2D eigenvalue weighted by atomic mass is 16.5. The van der Waals surface area contributed by atoms with Crippen LogP contribution in [0.5, 0.6) is 0 Å². The first-order chi connectivity index (χ1) is 7.20. The maximum absolute atomic E-state index is 11.3. The van der Waals surface area contributed by atoms with Gasteiger partial charge in [0.2, 0.25) is 0 Å². The molecule has 0 radical (unpaired) electrons. The van der Waals surface area contributed by atoms with Gasteiger partial charge in [0.15, 0.2) is 0 Å². The lowest BCUT2D eigenvalue weighted by Gasteiger charge is -2.45.